The number of carbonyl (C=O) groups is 1. The number of nitrogens with one attached hydrogen (secondary N) is 1. The van der Waals surface area contributed by atoms with Crippen LogP contribution in [0.25, 0.3) is 0 Å². The van der Waals surface area contributed by atoms with E-state index in [0.717, 1.165) is 29.7 Å². The van der Waals surface area contributed by atoms with Gasteiger partial charge in [-0.2, -0.15) is 0 Å². The molecule has 2 aromatic rings. The van der Waals surface area contributed by atoms with E-state index < -0.39 is 0 Å². The Morgan fingerprint density at radius 3 is 2.54 bits per heavy atom. The Kier molecular flexibility index (Phi) is 7.15. The molecule has 0 bridgehead atoms. The molecule has 0 spiro atoms. The second-order valence-electron chi connectivity index (χ2n) is 5.63. The summed E-state index contributed by atoms with van der Waals surface area (Å²) in [5.74, 6) is 1.44. The maximum atomic E-state index is 12.0. The lowest BCUT2D eigenvalue weighted by molar-refractivity contribution is -0.120. The van der Waals surface area contributed by atoms with Crippen molar-refractivity contribution < 1.29 is 14.3 Å². The van der Waals surface area contributed by atoms with Crippen molar-refractivity contribution in [1.29, 1.82) is 0 Å². The molecule has 4 nitrogen and oxygen atoms in total. The van der Waals surface area contributed by atoms with Crippen molar-refractivity contribution in [2.75, 3.05) is 13.7 Å². The van der Waals surface area contributed by atoms with Crippen LogP contribution < -0.4 is 14.8 Å². The number of benzene rings is 2. The highest BCUT2D eigenvalue weighted by Crippen LogP contribution is 2.28. The van der Waals surface area contributed by atoms with Crippen LogP contribution in [0.4, 0.5) is 0 Å². The fourth-order valence-corrected chi connectivity index (χ4v) is 2.31. The molecule has 0 aliphatic rings. The third-order valence-corrected chi connectivity index (χ3v) is 3.68. The van der Waals surface area contributed by atoms with Crippen molar-refractivity contribution in [1.82, 2.24) is 5.32 Å². The topological polar surface area (TPSA) is 47.6 Å². The summed E-state index contributed by atoms with van der Waals surface area (Å²) in [6.07, 6.45) is 2.49. The number of rotatable bonds is 9. The summed E-state index contributed by atoms with van der Waals surface area (Å²) in [5.41, 5.74) is 1.99. The number of ether oxygens (including phenoxy) is 2. The van der Waals surface area contributed by atoms with E-state index in [1.165, 1.54) is 0 Å². The number of amides is 1. The van der Waals surface area contributed by atoms with Gasteiger partial charge in [0.25, 0.3) is 0 Å². The smallest absolute Gasteiger partial charge is 0.224 e. The lowest BCUT2D eigenvalue weighted by Crippen LogP contribution is -2.24. The first-order chi connectivity index (χ1) is 11.7. The zero-order valence-electron chi connectivity index (χ0n) is 14.4. The molecule has 0 heterocycles. The lowest BCUT2D eigenvalue weighted by atomic mass is 10.1. The Hall–Kier alpha value is -2.49. The van der Waals surface area contributed by atoms with Gasteiger partial charge in [-0.25, -0.2) is 0 Å². The Balaban J connectivity index is 1.89. The average Bonchev–Trinajstić information content (AvgIpc) is 2.61. The van der Waals surface area contributed by atoms with E-state index >= 15 is 0 Å². The highest BCUT2D eigenvalue weighted by atomic mass is 16.5. The van der Waals surface area contributed by atoms with Crippen molar-refractivity contribution >= 4 is 5.91 Å². The highest BCUT2D eigenvalue weighted by molar-refractivity contribution is 5.78. The van der Waals surface area contributed by atoms with Gasteiger partial charge in [-0.1, -0.05) is 49.7 Å². The summed E-state index contributed by atoms with van der Waals surface area (Å²) < 4.78 is 11.1. The molecule has 0 unspecified atom stereocenters. The monoisotopic (exact) mass is 327 g/mol. The molecule has 0 aliphatic carbocycles. The van der Waals surface area contributed by atoms with Crippen LogP contribution in [0, 0.1) is 0 Å². The zero-order valence-corrected chi connectivity index (χ0v) is 14.4. The largest absolute Gasteiger partial charge is 0.493 e. The summed E-state index contributed by atoms with van der Waals surface area (Å²) in [6.45, 7) is 3.28. The van der Waals surface area contributed by atoms with Gasteiger partial charge < -0.3 is 14.8 Å². The van der Waals surface area contributed by atoms with Gasteiger partial charge in [-0.05, 0) is 29.7 Å². The Bertz CT molecular complexity index is 641. The third-order valence-electron chi connectivity index (χ3n) is 3.68. The molecule has 0 aromatic heterocycles. The van der Waals surface area contributed by atoms with Crippen molar-refractivity contribution in [2.24, 2.45) is 0 Å². The van der Waals surface area contributed by atoms with E-state index in [1.54, 1.807) is 7.11 Å². The quantitative estimate of drug-likeness (QED) is 0.714. The molecular formula is C20H25NO3. The Morgan fingerprint density at radius 1 is 1.04 bits per heavy atom. The van der Waals surface area contributed by atoms with Gasteiger partial charge in [0.05, 0.1) is 20.1 Å². The van der Waals surface area contributed by atoms with Gasteiger partial charge >= 0.3 is 0 Å². The summed E-state index contributed by atoms with van der Waals surface area (Å²) in [7, 11) is 1.62. The van der Waals surface area contributed by atoms with Crippen LogP contribution in [0.5, 0.6) is 11.5 Å². The Morgan fingerprint density at radius 2 is 1.83 bits per heavy atom. The first-order valence-corrected chi connectivity index (χ1v) is 8.33. The fourth-order valence-electron chi connectivity index (χ4n) is 2.31. The zero-order chi connectivity index (χ0) is 17.2. The van der Waals surface area contributed by atoms with E-state index in [1.807, 2.05) is 48.5 Å². The van der Waals surface area contributed by atoms with E-state index in [-0.39, 0.29) is 5.91 Å². The van der Waals surface area contributed by atoms with Crippen molar-refractivity contribution in [3.8, 4) is 11.5 Å². The predicted octanol–water partition coefficient (Wildman–Crippen LogP) is 3.73. The normalized spacial score (nSPS) is 10.2. The summed E-state index contributed by atoms with van der Waals surface area (Å²) in [4.78, 5) is 12.0. The first-order valence-electron chi connectivity index (χ1n) is 8.33. The standard InChI is InChI=1S/C20H25NO3/c1-3-4-12-24-18-11-10-17(13-19(18)23-2)15-21-20(22)14-16-8-6-5-7-9-16/h5-11,13H,3-4,12,14-15H2,1-2H3,(H,21,22). The number of unbranched alkanes of at least 4 members (excludes halogenated alkanes) is 1. The number of hydrogen-bond donors (Lipinski definition) is 1. The molecule has 1 N–H and O–H groups in total. The van der Waals surface area contributed by atoms with Gasteiger partial charge in [0, 0.05) is 6.54 Å². The van der Waals surface area contributed by atoms with Crippen LogP contribution in [0.1, 0.15) is 30.9 Å². The van der Waals surface area contributed by atoms with Crippen LogP contribution >= 0.6 is 0 Å². The van der Waals surface area contributed by atoms with Crippen molar-refractivity contribution in [3.63, 3.8) is 0 Å². The average molecular weight is 327 g/mol. The minimum absolute atomic E-state index is 0.00318. The molecular weight excluding hydrogens is 302 g/mol. The molecule has 0 saturated heterocycles. The maximum Gasteiger partial charge on any atom is 0.224 e. The van der Waals surface area contributed by atoms with Gasteiger partial charge in [0.2, 0.25) is 5.91 Å². The molecule has 0 radical (unpaired) electrons. The number of carbonyl (C=O) groups excluding carboxylic acids is 1. The fraction of sp³-hybridized carbons (Fsp3) is 0.350. The maximum absolute atomic E-state index is 12.0. The van der Waals surface area contributed by atoms with Gasteiger partial charge in [-0.3, -0.25) is 4.79 Å². The van der Waals surface area contributed by atoms with Crippen LogP contribution in [0.2, 0.25) is 0 Å². The van der Waals surface area contributed by atoms with E-state index in [0.29, 0.717) is 25.3 Å². The summed E-state index contributed by atoms with van der Waals surface area (Å²) in [5, 5.41) is 2.94. The van der Waals surface area contributed by atoms with Crippen LogP contribution in [-0.4, -0.2) is 19.6 Å². The molecule has 128 valence electrons. The summed E-state index contributed by atoms with van der Waals surface area (Å²) >= 11 is 0. The van der Waals surface area contributed by atoms with Crippen LogP contribution in [0.15, 0.2) is 48.5 Å². The molecule has 0 atom stereocenters. The molecule has 2 aromatic carbocycles. The van der Waals surface area contributed by atoms with Crippen molar-refractivity contribution in [3.05, 3.63) is 59.7 Å². The molecule has 4 heteroatoms. The van der Waals surface area contributed by atoms with Gasteiger partial charge in [-0.15, -0.1) is 0 Å². The number of methoxy groups -OCH3 is 1. The minimum atomic E-state index is 0.00318. The lowest BCUT2D eigenvalue weighted by Gasteiger charge is -2.12. The van der Waals surface area contributed by atoms with Crippen molar-refractivity contribution in [2.45, 2.75) is 32.7 Å². The van der Waals surface area contributed by atoms with Gasteiger partial charge in [0.15, 0.2) is 11.5 Å². The van der Waals surface area contributed by atoms with E-state index in [9.17, 15) is 4.79 Å². The molecule has 0 fully saturated rings. The SMILES string of the molecule is CCCCOc1ccc(CNC(=O)Cc2ccccc2)cc1OC. The first kappa shape index (κ1) is 17.9. The molecule has 2 rings (SSSR count). The van der Waals surface area contributed by atoms with E-state index in [4.69, 9.17) is 9.47 Å². The molecule has 0 aliphatic heterocycles. The van der Waals surface area contributed by atoms with Crippen LogP contribution in [0.3, 0.4) is 0 Å². The van der Waals surface area contributed by atoms with Gasteiger partial charge in [0.1, 0.15) is 0 Å². The second kappa shape index (κ2) is 9.60. The molecule has 24 heavy (non-hydrogen) atoms. The minimum Gasteiger partial charge on any atom is -0.493 e. The molecule has 1 amide bonds. The predicted molar refractivity (Wildman–Crippen MR) is 95.4 cm³/mol. The highest BCUT2D eigenvalue weighted by Gasteiger charge is 2.07. The summed E-state index contributed by atoms with van der Waals surface area (Å²) in [6, 6.07) is 15.5. The van der Waals surface area contributed by atoms with Crippen LogP contribution in [-0.2, 0) is 17.8 Å². The second-order valence-corrected chi connectivity index (χ2v) is 5.63. The third kappa shape index (κ3) is 5.61. The number of hydrogen-bond acceptors (Lipinski definition) is 3. The van der Waals surface area contributed by atoms with E-state index in [2.05, 4.69) is 12.2 Å². The molecule has 0 saturated carbocycles. The Labute approximate surface area is 143 Å².